The highest BCUT2D eigenvalue weighted by Gasteiger charge is 2.40. The average Bonchev–Trinajstić information content (AvgIpc) is 2.10. The first-order valence-electron chi connectivity index (χ1n) is 5.82. The Kier molecular flexibility index (Phi) is 5.50. The molecule has 0 heterocycles. The molecule has 0 bridgehead atoms. The van der Waals surface area contributed by atoms with Crippen LogP contribution in [0, 0.1) is 0 Å². The van der Waals surface area contributed by atoms with Gasteiger partial charge in [0.15, 0.2) is 0 Å². The molecule has 0 aliphatic rings. The molecule has 88 valence electrons. The van der Waals surface area contributed by atoms with Gasteiger partial charge in [-0.25, -0.2) is 0 Å². The van der Waals surface area contributed by atoms with Crippen LogP contribution in [0.15, 0.2) is 12.2 Å². The molecule has 0 rings (SSSR count). The lowest BCUT2D eigenvalue weighted by atomic mass is 10.2. The van der Waals surface area contributed by atoms with Gasteiger partial charge in [0, 0.05) is 6.42 Å². The first-order chi connectivity index (χ1) is 6.77. The van der Waals surface area contributed by atoms with Crippen LogP contribution in [0.5, 0.6) is 0 Å². The zero-order valence-electron chi connectivity index (χ0n) is 11.1. The summed E-state index contributed by atoms with van der Waals surface area (Å²) in [5.41, 5.74) is 0.575. The molecule has 0 N–H and O–H groups in total. The van der Waals surface area contributed by atoms with E-state index >= 15 is 0 Å². The molecule has 0 amide bonds. The molecule has 0 aromatic rings. The minimum Gasteiger partial charge on any atom is -0.303 e. The van der Waals surface area contributed by atoms with E-state index in [2.05, 4.69) is 46.0 Å². The standard InChI is InChI=1S/C13H26OSi/c1-7-8-9-12(10-11-14)15(5,6)13(2,3)4/h7-8,11-12H,9-10H2,1-6H3/b8-7+/t12-/m1/s1. The monoisotopic (exact) mass is 226 g/mol. The number of carbonyl (C=O) groups excluding carboxylic acids is 1. The second-order valence-corrected chi connectivity index (χ2v) is 11.6. The van der Waals surface area contributed by atoms with Crippen LogP contribution in [0.4, 0.5) is 0 Å². The van der Waals surface area contributed by atoms with Crippen molar-refractivity contribution in [1.29, 1.82) is 0 Å². The number of hydrogen-bond acceptors (Lipinski definition) is 1. The SMILES string of the molecule is C/C=C/C[C@H](CC=O)[Si](C)(C)C(C)(C)C. The van der Waals surface area contributed by atoms with Gasteiger partial charge in [0.05, 0.1) is 8.07 Å². The number of allylic oxidation sites excluding steroid dienone is 2. The zero-order chi connectivity index (χ0) is 12.1. The number of rotatable bonds is 5. The molecule has 0 fully saturated rings. The van der Waals surface area contributed by atoms with E-state index in [1.165, 1.54) is 0 Å². The first kappa shape index (κ1) is 14.6. The molecule has 0 aromatic heterocycles. The fourth-order valence-electron chi connectivity index (χ4n) is 1.71. The molecule has 0 aliphatic heterocycles. The third-order valence-corrected chi connectivity index (χ3v) is 10.4. The van der Waals surface area contributed by atoms with E-state index in [9.17, 15) is 4.79 Å². The van der Waals surface area contributed by atoms with Gasteiger partial charge in [-0.2, -0.15) is 0 Å². The van der Waals surface area contributed by atoms with Crippen molar-refractivity contribution < 1.29 is 4.79 Å². The van der Waals surface area contributed by atoms with Crippen molar-refractivity contribution >= 4 is 14.4 Å². The summed E-state index contributed by atoms with van der Waals surface area (Å²) < 4.78 is 0. The van der Waals surface area contributed by atoms with Crippen LogP contribution >= 0.6 is 0 Å². The third kappa shape index (κ3) is 3.94. The second kappa shape index (κ2) is 5.64. The van der Waals surface area contributed by atoms with E-state index in [0.29, 0.717) is 10.6 Å². The number of aldehydes is 1. The molecule has 1 atom stereocenters. The molecule has 0 saturated heterocycles. The lowest BCUT2D eigenvalue weighted by Crippen LogP contribution is -2.42. The predicted molar refractivity (Wildman–Crippen MR) is 71.1 cm³/mol. The second-order valence-electron chi connectivity index (χ2n) is 5.88. The van der Waals surface area contributed by atoms with Crippen LogP contribution in [-0.4, -0.2) is 14.4 Å². The lowest BCUT2D eigenvalue weighted by Gasteiger charge is -2.42. The van der Waals surface area contributed by atoms with Gasteiger partial charge in [0.2, 0.25) is 0 Å². The van der Waals surface area contributed by atoms with Gasteiger partial charge in [-0.15, -0.1) is 0 Å². The van der Waals surface area contributed by atoms with Crippen molar-refractivity contribution in [3.8, 4) is 0 Å². The van der Waals surface area contributed by atoms with Crippen LogP contribution in [0.3, 0.4) is 0 Å². The maximum atomic E-state index is 10.8. The van der Waals surface area contributed by atoms with Crippen LogP contribution in [-0.2, 0) is 4.79 Å². The molecule has 0 aliphatic carbocycles. The van der Waals surface area contributed by atoms with Crippen LogP contribution < -0.4 is 0 Å². The van der Waals surface area contributed by atoms with Gasteiger partial charge in [0.1, 0.15) is 6.29 Å². The molecular formula is C13H26OSi. The molecular weight excluding hydrogens is 200 g/mol. The van der Waals surface area contributed by atoms with E-state index in [-0.39, 0.29) is 0 Å². The van der Waals surface area contributed by atoms with Crippen molar-refractivity contribution in [3.05, 3.63) is 12.2 Å². The quantitative estimate of drug-likeness (QED) is 0.385. The predicted octanol–water partition coefficient (Wildman–Crippen LogP) is 4.42. The molecule has 1 nitrogen and oxygen atoms in total. The first-order valence-corrected chi connectivity index (χ1v) is 8.90. The summed E-state index contributed by atoms with van der Waals surface area (Å²) in [5, 5.41) is 0.363. The largest absolute Gasteiger partial charge is 0.303 e. The summed E-state index contributed by atoms with van der Waals surface area (Å²) in [4.78, 5) is 10.8. The summed E-state index contributed by atoms with van der Waals surface area (Å²) in [6.07, 6.45) is 7.17. The van der Waals surface area contributed by atoms with Crippen molar-refractivity contribution in [2.45, 2.75) is 64.2 Å². The Balaban J connectivity index is 4.80. The average molecular weight is 226 g/mol. The minimum absolute atomic E-state index is 0.363. The van der Waals surface area contributed by atoms with Gasteiger partial charge >= 0.3 is 0 Å². The summed E-state index contributed by atoms with van der Waals surface area (Å²) >= 11 is 0. The van der Waals surface area contributed by atoms with Gasteiger partial charge in [-0.1, -0.05) is 46.0 Å². The lowest BCUT2D eigenvalue weighted by molar-refractivity contribution is -0.107. The van der Waals surface area contributed by atoms with Crippen molar-refractivity contribution in [3.63, 3.8) is 0 Å². The molecule has 0 saturated carbocycles. The third-order valence-electron chi connectivity index (χ3n) is 3.99. The van der Waals surface area contributed by atoms with Crippen molar-refractivity contribution in [2.24, 2.45) is 0 Å². The normalized spacial score (nSPS) is 15.6. The Morgan fingerprint density at radius 3 is 2.07 bits per heavy atom. The summed E-state index contributed by atoms with van der Waals surface area (Å²) in [6, 6.07) is 0. The maximum Gasteiger partial charge on any atom is 0.119 e. The Hall–Kier alpha value is -0.373. The van der Waals surface area contributed by atoms with E-state index < -0.39 is 8.07 Å². The van der Waals surface area contributed by atoms with Gasteiger partial charge < -0.3 is 4.79 Å². The Morgan fingerprint density at radius 2 is 1.73 bits per heavy atom. The Labute approximate surface area is 96.0 Å². The highest BCUT2D eigenvalue weighted by atomic mass is 28.3. The van der Waals surface area contributed by atoms with Crippen molar-refractivity contribution in [1.82, 2.24) is 0 Å². The smallest absolute Gasteiger partial charge is 0.119 e. The Morgan fingerprint density at radius 1 is 1.20 bits per heavy atom. The number of hydrogen-bond donors (Lipinski definition) is 0. The molecule has 0 spiro atoms. The van der Waals surface area contributed by atoms with Crippen molar-refractivity contribution in [2.75, 3.05) is 0 Å². The fraction of sp³-hybridized carbons (Fsp3) is 0.769. The van der Waals surface area contributed by atoms with E-state index in [1.54, 1.807) is 0 Å². The molecule has 15 heavy (non-hydrogen) atoms. The summed E-state index contributed by atoms with van der Waals surface area (Å²) in [5.74, 6) is 0. The summed E-state index contributed by atoms with van der Waals surface area (Å²) in [7, 11) is -1.38. The van der Waals surface area contributed by atoms with Crippen LogP contribution in [0.2, 0.25) is 23.7 Å². The van der Waals surface area contributed by atoms with E-state index in [0.717, 1.165) is 19.1 Å². The van der Waals surface area contributed by atoms with Gasteiger partial charge in [-0.05, 0) is 23.9 Å². The van der Waals surface area contributed by atoms with E-state index in [1.807, 2.05) is 6.92 Å². The topological polar surface area (TPSA) is 17.1 Å². The molecule has 0 aromatic carbocycles. The van der Waals surface area contributed by atoms with Gasteiger partial charge in [0.25, 0.3) is 0 Å². The Bertz CT molecular complexity index is 223. The maximum absolute atomic E-state index is 10.8. The van der Waals surface area contributed by atoms with Crippen LogP contribution in [0.1, 0.15) is 40.5 Å². The number of carbonyl (C=O) groups is 1. The molecule has 2 heteroatoms. The zero-order valence-corrected chi connectivity index (χ0v) is 12.1. The fourth-order valence-corrected chi connectivity index (χ4v) is 4.35. The summed E-state index contributed by atoms with van der Waals surface area (Å²) in [6.45, 7) is 13.8. The molecule has 0 radical (unpaired) electrons. The minimum atomic E-state index is -1.38. The van der Waals surface area contributed by atoms with Crippen LogP contribution in [0.25, 0.3) is 0 Å². The molecule has 0 unspecified atom stereocenters. The highest BCUT2D eigenvalue weighted by molar-refractivity contribution is 6.81. The van der Waals surface area contributed by atoms with E-state index in [4.69, 9.17) is 0 Å². The highest BCUT2D eigenvalue weighted by Crippen LogP contribution is 2.46. The van der Waals surface area contributed by atoms with Gasteiger partial charge in [-0.3, -0.25) is 0 Å².